The van der Waals surface area contributed by atoms with Crippen molar-refractivity contribution in [3.8, 4) is 11.4 Å². The molecule has 1 saturated carbocycles. The molecule has 186 valence electrons. The van der Waals surface area contributed by atoms with Crippen molar-refractivity contribution in [3.05, 3.63) is 71.0 Å². The number of nitrogens with zero attached hydrogens (tertiary/aromatic N) is 3. The molecule has 4 aromatic rings. The van der Waals surface area contributed by atoms with Gasteiger partial charge >= 0.3 is 5.76 Å². The number of nitrogens with one attached hydrogen (secondary N) is 2. The molecule has 0 radical (unpaired) electrons. The van der Waals surface area contributed by atoms with Crippen molar-refractivity contribution in [2.24, 2.45) is 5.92 Å². The topological polar surface area (TPSA) is 132 Å². The first kappa shape index (κ1) is 23.5. The summed E-state index contributed by atoms with van der Waals surface area (Å²) in [5.74, 6) is -0.912. The van der Waals surface area contributed by atoms with Gasteiger partial charge in [0, 0.05) is 23.6 Å². The van der Waals surface area contributed by atoms with Crippen molar-refractivity contribution >= 4 is 22.9 Å². The van der Waals surface area contributed by atoms with Gasteiger partial charge in [0.05, 0.1) is 11.4 Å². The molecule has 5 rings (SSSR count). The molecule has 1 aliphatic rings. The van der Waals surface area contributed by atoms with Gasteiger partial charge in [0.1, 0.15) is 6.54 Å². The molecular weight excluding hydrogens is 462 g/mol. The molecule has 2 N–H and O–H groups in total. The fourth-order valence-electron chi connectivity index (χ4n) is 4.74. The van der Waals surface area contributed by atoms with Gasteiger partial charge in [0.25, 0.3) is 0 Å². The quantitative estimate of drug-likeness (QED) is 0.408. The largest absolute Gasteiger partial charge is 0.420 e. The van der Waals surface area contributed by atoms with E-state index in [1.807, 2.05) is 44.2 Å². The second-order valence-electron chi connectivity index (χ2n) is 9.36. The van der Waals surface area contributed by atoms with Crippen LogP contribution in [0.25, 0.3) is 22.5 Å². The van der Waals surface area contributed by atoms with Crippen molar-refractivity contribution in [1.29, 1.82) is 0 Å². The molecule has 1 fully saturated rings. The molecule has 0 aliphatic heterocycles. The lowest BCUT2D eigenvalue weighted by Crippen LogP contribution is -2.40. The van der Waals surface area contributed by atoms with Crippen LogP contribution in [0.3, 0.4) is 0 Å². The van der Waals surface area contributed by atoms with Crippen molar-refractivity contribution in [2.75, 3.05) is 0 Å². The molecular formula is C26H27N5O5. The highest BCUT2D eigenvalue weighted by molar-refractivity contribution is 5.81. The van der Waals surface area contributed by atoms with Crippen LogP contribution >= 0.6 is 0 Å². The average molecular weight is 490 g/mol. The van der Waals surface area contributed by atoms with Gasteiger partial charge in [-0.25, -0.2) is 4.79 Å². The number of benzene rings is 2. The van der Waals surface area contributed by atoms with Crippen LogP contribution < -0.4 is 16.4 Å². The van der Waals surface area contributed by atoms with Crippen molar-refractivity contribution < 1.29 is 18.5 Å². The van der Waals surface area contributed by atoms with Crippen LogP contribution in [0.2, 0.25) is 0 Å². The van der Waals surface area contributed by atoms with Gasteiger partial charge in [0.2, 0.25) is 23.5 Å². The first-order valence-corrected chi connectivity index (χ1v) is 12.0. The third-order valence-electron chi connectivity index (χ3n) is 6.38. The molecule has 1 aliphatic carbocycles. The van der Waals surface area contributed by atoms with Crippen LogP contribution in [0.1, 0.15) is 38.5 Å². The molecule has 10 nitrogen and oxygen atoms in total. The van der Waals surface area contributed by atoms with E-state index in [-0.39, 0.29) is 36.2 Å². The van der Waals surface area contributed by atoms with E-state index in [0.29, 0.717) is 35.7 Å². The third-order valence-corrected chi connectivity index (χ3v) is 6.38. The zero-order chi connectivity index (χ0) is 25.2. The predicted molar refractivity (Wildman–Crippen MR) is 131 cm³/mol. The SMILES string of the molecule is CC(C)NC(=O)[C@H]1C[C@H](NC(=O)Cn2c(=O)oc3ccccc32)[C@H](c2nc(-c3ccccc3)no2)C1. The second-order valence-corrected chi connectivity index (χ2v) is 9.36. The molecule has 2 heterocycles. The van der Waals surface area contributed by atoms with Gasteiger partial charge in [-0.15, -0.1) is 0 Å². The van der Waals surface area contributed by atoms with Gasteiger partial charge in [-0.3, -0.25) is 14.2 Å². The number of amides is 2. The highest BCUT2D eigenvalue weighted by Crippen LogP contribution is 2.39. The molecule has 36 heavy (non-hydrogen) atoms. The number of fused-ring (bicyclic) bond motifs is 1. The zero-order valence-electron chi connectivity index (χ0n) is 20.0. The molecule has 0 saturated heterocycles. The van der Waals surface area contributed by atoms with Crippen molar-refractivity contribution in [2.45, 2.75) is 51.2 Å². The summed E-state index contributed by atoms with van der Waals surface area (Å²) in [6.45, 7) is 3.60. The second kappa shape index (κ2) is 9.80. The minimum Gasteiger partial charge on any atom is -0.408 e. The Hall–Kier alpha value is -4.21. The summed E-state index contributed by atoms with van der Waals surface area (Å²) in [6, 6.07) is 16.0. The standard InChI is InChI=1S/C26H27N5O5/c1-15(2)27-24(33)17-12-18(25-29-23(30-36-25)16-8-4-3-5-9-16)19(13-17)28-22(32)14-31-20-10-6-7-11-21(20)35-26(31)34/h3-11,15,17-19H,12-14H2,1-2H3,(H,27,33)(H,28,32)/t17-,18-,19+/m1/s1. The van der Waals surface area contributed by atoms with Gasteiger partial charge < -0.3 is 19.6 Å². The summed E-state index contributed by atoms with van der Waals surface area (Å²) >= 11 is 0. The summed E-state index contributed by atoms with van der Waals surface area (Å²) < 4.78 is 12.1. The zero-order valence-corrected chi connectivity index (χ0v) is 20.0. The van der Waals surface area contributed by atoms with E-state index < -0.39 is 11.8 Å². The van der Waals surface area contributed by atoms with Gasteiger partial charge in [0.15, 0.2) is 5.58 Å². The van der Waals surface area contributed by atoms with Crippen molar-refractivity contribution in [3.63, 3.8) is 0 Å². The molecule has 2 aromatic heterocycles. The number of oxazole rings is 1. The number of para-hydroxylation sites is 2. The number of carbonyl (C=O) groups is 2. The maximum Gasteiger partial charge on any atom is 0.420 e. The monoisotopic (exact) mass is 489 g/mol. The highest BCUT2D eigenvalue weighted by atomic mass is 16.5. The lowest BCUT2D eigenvalue weighted by Gasteiger charge is -2.18. The summed E-state index contributed by atoms with van der Waals surface area (Å²) in [5, 5.41) is 10.1. The Morgan fingerprint density at radius 3 is 2.61 bits per heavy atom. The predicted octanol–water partition coefficient (Wildman–Crippen LogP) is 2.85. The Balaban J connectivity index is 1.37. The Morgan fingerprint density at radius 2 is 1.83 bits per heavy atom. The maximum atomic E-state index is 13.0. The Bertz CT molecular complexity index is 1440. The number of hydrogen-bond donors (Lipinski definition) is 2. The first-order chi connectivity index (χ1) is 17.4. The van der Waals surface area contributed by atoms with Crippen LogP contribution in [0.5, 0.6) is 0 Å². The number of hydrogen-bond acceptors (Lipinski definition) is 7. The van der Waals surface area contributed by atoms with E-state index in [1.54, 1.807) is 24.3 Å². The summed E-state index contributed by atoms with van der Waals surface area (Å²) in [6.07, 6.45) is 0.869. The van der Waals surface area contributed by atoms with E-state index in [1.165, 1.54) is 4.57 Å². The summed E-state index contributed by atoms with van der Waals surface area (Å²) in [4.78, 5) is 42.7. The van der Waals surface area contributed by atoms with Crippen LogP contribution in [0.4, 0.5) is 0 Å². The summed E-state index contributed by atoms with van der Waals surface area (Å²) in [5.41, 5.74) is 1.77. The smallest absolute Gasteiger partial charge is 0.408 e. The fraction of sp³-hybridized carbons (Fsp3) is 0.346. The van der Waals surface area contributed by atoms with Crippen LogP contribution in [0.15, 0.2) is 68.3 Å². The van der Waals surface area contributed by atoms with E-state index >= 15 is 0 Å². The Labute approximate surface area is 206 Å². The van der Waals surface area contributed by atoms with E-state index in [2.05, 4.69) is 20.8 Å². The Morgan fingerprint density at radius 1 is 1.08 bits per heavy atom. The number of rotatable bonds is 7. The summed E-state index contributed by atoms with van der Waals surface area (Å²) in [7, 11) is 0. The number of aromatic nitrogens is 3. The highest BCUT2D eigenvalue weighted by Gasteiger charge is 2.42. The normalized spacial score (nSPS) is 19.6. The van der Waals surface area contributed by atoms with Gasteiger partial charge in [-0.1, -0.05) is 47.6 Å². The van der Waals surface area contributed by atoms with E-state index in [9.17, 15) is 14.4 Å². The lowest BCUT2D eigenvalue weighted by molar-refractivity contribution is -0.126. The Kier molecular flexibility index (Phi) is 6.41. The molecule has 0 spiro atoms. The molecule has 2 aromatic carbocycles. The molecule has 0 bridgehead atoms. The van der Waals surface area contributed by atoms with Crippen LogP contribution in [-0.2, 0) is 16.1 Å². The number of carbonyl (C=O) groups excluding carboxylic acids is 2. The van der Waals surface area contributed by atoms with E-state index in [4.69, 9.17) is 8.94 Å². The van der Waals surface area contributed by atoms with Gasteiger partial charge in [-0.2, -0.15) is 4.98 Å². The van der Waals surface area contributed by atoms with Crippen LogP contribution in [-0.4, -0.2) is 38.6 Å². The minimum absolute atomic E-state index is 0.000994. The lowest BCUT2D eigenvalue weighted by atomic mass is 10.0. The van der Waals surface area contributed by atoms with E-state index in [0.717, 1.165) is 5.56 Å². The average Bonchev–Trinajstić information content (AvgIpc) is 3.57. The molecule has 2 amide bonds. The molecule has 10 heteroatoms. The van der Waals surface area contributed by atoms with Gasteiger partial charge in [-0.05, 0) is 38.8 Å². The molecule has 0 unspecified atom stereocenters. The fourth-order valence-corrected chi connectivity index (χ4v) is 4.74. The minimum atomic E-state index is -0.604. The maximum absolute atomic E-state index is 13.0. The van der Waals surface area contributed by atoms with Crippen molar-refractivity contribution in [1.82, 2.24) is 25.3 Å². The first-order valence-electron chi connectivity index (χ1n) is 12.0. The van der Waals surface area contributed by atoms with Crippen LogP contribution in [0, 0.1) is 5.92 Å². The molecule has 3 atom stereocenters. The third kappa shape index (κ3) is 4.79.